The van der Waals surface area contributed by atoms with Crippen LogP contribution in [0.2, 0.25) is 0 Å². The quantitative estimate of drug-likeness (QED) is 0.564. The summed E-state index contributed by atoms with van der Waals surface area (Å²) in [4.78, 5) is 0. The van der Waals surface area contributed by atoms with Crippen molar-refractivity contribution in [1.82, 2.24) is 5.32 Å². The van der Waals surface area contributed by atoms with E-state index in [4.69, 9.17) is 5.11 Å². The highest BCUT2D eigenvalue weighted by Gasteiger charge is 2.21. The van der Waals surface area contributed by atoms with E-state index in [2.05, 4.69) is 12.2 Å². The fourth-order valence-electron chi connectivity index (χ4n) is 1.47. The van der Waals surface area contributed by atoms with E-state index in [1.165, 1.54) is 6.42 Å². The van der Waals surface area contributed by atoms with Gasteiger partial charge in [0.1, 0.15) is 0 Å². The Morgan fingerprint density at radius 1 is 1.67 bits per heavy atom. The molecule has 1 rings (SSSR count). The van der Waals surface area contributed by atoms with Crippen LogP contribution in [-0.4, -0.2) is 24.3 Å². The van der Waals surface area contributed by atoms with Crippen molar-refractivity contribution in [3.05, 3.63) is 0 Å². The van der Waals surface area contributed by atoms with Gasteiger partial charge in [0, 0.05) is 12.6 Å². The normalized spacial score (nSPS) is 35.3. The zero-order valence-electron chi connectivity index (χ0n) is 5.93. The van der Waals surface area contributed by atoms with E-state index >= 15 is 0 Å². The molecule has 2 nitrogen and oxygen atoms in total. The van der Waals surface area contributed by atoms with E-state index < -0.39 is 0 Å². The van der Waals surface area contributed by atoms with Gasteiger partial charge in [0.25, 0.3) is 0 Å². The second-order valence-corrected chi connectivity index (χ2v) is 2.80. The van der Waals surface area contributed by atoms with E-state index in [0.29, 0.717) is 12.6 Å². The fourth-order valence-corrected chi connectivity index (χ4v) is 1.47. The standard InChI is InChI=1S/C7H15NO/c1-6-7(3-5-9)2-4-8-6/h6-9H,2-5H2,1H3. The van der Waals surface area contributed by atoms with Gasteiger partial charge in [-0.15, -0.1) is 0 Å². The average molecular weight is 129 g/mol. The SMILES string of the molecule is CC1NCCC1CCO. The Morgan fingerprint density at radius 2 is 2.44 bits per heavy atom. The molecule has 54 valence electrons. The van der Waals surface area contributed by atoms with Crippen LogP contribution in [-0.2, 0) is 0 Å². The number of hydrogen-bond acceptors (Lipinski definition) is 2. The largest absolute Gasteiger partial charge is 0.396 e. The molecule has 1 fully saturated rings. The van der Waals surface area contributed by atoms with Crippen LogP contribution in [0.4, 0.5) is 0 Å². The van der Waals surface area contributed by atoms with Crippen LogP contribution in [0.1, 0.15) is 19.8 Å². The molecule has 9 heavy (non-hydrogen) atoms. The van der Waals surface area contributed by atoms with Crippen molar-refractivity contribution in [3.8, 4) is 0 Å². The fraction of sp³-hybridized carbons (Fsp3) is 1.00. The molecule has 0 aliphatic carbocycles. The molecular formula is C7H15NO. The maximum absolute atomic E-state index is 8.62. The summed E-state index contributed by atoms with van der Waals surface area (Å²) >= 11 is 0. The molecule has 0 aromatic rings. The Balaban J connectivity index is 2.22. The third-order valence-electron chi connectivity index (χ3n) is 2.19. The Labute approximate surface area is 56.3 Å². The van der Waals surface area contributed by atoms with Gasteiger partial charge in [-0.3, -0.25) is 0 Å². The van der Waals surface area contributed by atoms with Crippen molar-refractivity contribution >= 4 is 0 Å². The lowest BCUT2D eigenvalue weighted by atomic mass is 9.99. The third-order valence-corrected chi connectivity index (χ3v) is 2.19. The van der Waals surface area contributed by atoms with Crippen LogP contribution in [0.15, 0.2) is 0 Å². The number of aliphatic hydroxyl groups is 1. The van der Waals surface area contributed by atoms with Crippen LogP contribution in [0, 0.1) is 5.92 Å². The summed E-state index contributed by atoms with van der Waals surface area (Å²) in [5.41, 5.74) is 0. The van der Waals surface area contributed by atoms with Gasteiger partial charge in [0.05, 0.1) is 0 Å². The summed E-state index contributed by atoms with van der Waals surface area (Å²) in [5, 5.41) is 12.0. The van der Waals surface area contributed by atoms with E-state index in [1.54, 1.807) is 0 Å². The Bertz CT molecular complexity index is 85.0. The van der Waals surface area contributed by atoms with Gasteiger partial charge in [0.15, 0.2) is 0 Å². The van der Waals surface area contributed by atoms with Gasteiger partial charge < -0.3 is 10.4 Å². The molecule has 1 heterocycles. The molecule has 0 aromatic carbocycles. The summed E-state index contributed by atoms with van der Waals surface area (Å²) in [6, 6.07) is 0.622. The molecule has 0 spiro atoms. The predicted molar refractivity (Wildman–Crippen MR) is 37.3 cm³/mol. The molecular weight excluding hydrogens is 114 g/mol. The Morgan fingerprint density at radius 3 is 2.89 bits per heavy atom. The monoisotopic (exact) mass is 129 g/mol. The number of hydrogen-bond donors (Lipinski definition) is 2. The Kier molecular flexibility index (Phi) is 2.49. The lowest BCUT2D eigenvalue weighted by Crippen LogP contribution is -2.23. The van der Waals surface area contributed by atoms with Crippen LogP contribution in [0.25, 0.3) is 0 Å². The minimum absolute atomic E-state index is 0.344. The van der Waals surface area contributed by atoms with E-state index in [0.717, 1.165) is 18.9 Å². The lowest BCUT2D eigenvalue weighted by molar-refractivity contribution is 0.251. The van der Waals surface area contributed by atoms with Gasteiger partial charge >= 0.3 is 0 Å². The van der Waals surface area contributed by atoms with Gasteiger partial charge in [0.2, 0.25) is 0 Å². The van der Waals surface area contributed by atoms with Crippen molar-refractivity contribution in [2.75, 3.05) is 13.2 Å². The first-order chi connectivity index (χ1) is 4.34. The first-order valence-electron chi connectivity index (χ1n) is 3.69. The van der Waals surface area contributed by atoms with Crippen LogP contribution in [0.5, 0.6) is 0 Å². The highest BCUT2D eigenvalue weighted by Crippen LogP contribution is 2.17. The zero-order chi connectivity index (χ0) is 6.69. The summed E-state index contributed by atoms with van der Waals surface area (Å²) < 4.78 is 0. The maximum atomic E-state index is 8.62. The van der Waals surface area contributed by atoms with Gasteiger partial charge in [-0.2, -0.15) is 0 Å². The minimum atomic E-state index is 0.344. The lowest BCUT2D eigenvalue weighted by Gasteiger charge is -2.11. The molecule has 2 unspecified atom stereocenters. The summed E-state index contributed by atoms with van der Waals surface area (Å²) in [6.07, 6.45) is 2.20. The highest BCUT2D eigenvalue weighted by atomic mass is 16.3. The van der Waals surface area contributed by atoms with Crippen LogP contribution in [0.3, 0.4) is 0 Å². The van der Waals surface area contributed by atoms with Crippen molar-refractivity contribution in [3.63, 3.8) is 0 Å². The average Bonchev–Trinajstić information content (AvgIpc) is 2.18. The number of nitrogens with one attached hydrogen (secondary N) is 1. The van der Waals surface area contributed by atoms with E-state index in [9.17, 15) is 0 Å². The summed E-state index contributed by atoms with van der Waals surface area (Å²) in [5.74, 6) is 0.718. The number of aliphatic hydroxyl groups excluding tert-OH is 1. The van der Waals surface area contributed by atoms with Crippen molar-refractivity contribution in [1.29, 1.82) is 0 Å². The molecule has 2 N–H and O–H groups in total. The van der Waals surface area contributed by atoms with E-state index in [1.807, 2.05) is 0 Å². The summed E-state index contributed by atoms with van der Waals surface area (Å²) in [6.45, 7) is 3.66. The van der Waals surface area contributed by atoms with Gasteiger partial charge in [-0.25, -0.2) is 0 Å². The molecule has 1 aliphatic rings. The van der Waals surface area contributed by atoms with Gasteiger partial charge in [-0.1, -0.05) is 0 Å². The smallest absolute Gasteiger partial charge is 0.0434 e. The second kappa shape index (κ2) is 3.18. The minimum Gasteiger partial charge on any atom is -0.396 e. The molecule has 1 saturated heterocycles. The summed E-state index contributed by atoms with van der Waals surface area (Å²) in [7, 11) is 0. The molecule has 1 aliphatic heterocycles. The molecule has 0 bridgehead atoms. The first kappa shape index (κ1) is 7.03. The molecule has 0 saturated carbocycles. The van der Waals surface area contributed by atoms with Gasteiger partial charge in [-0.05, 0) is 32.2 Å². The van der Waals surface area contributed by atoms with Crippen molar-refractivity contribution in [2.45, 2.75) is 25.8 Å². The number of rotatable bonds is 2. The Hall–Kier alpha value is -0.0800. The van der Waals surface area contributed by atoms with Crippen LogP contribution >= 0.6 is 0 Å². The molecule has 2 atom stereocenters. The predicted octanol–water partition coefficient (Wildman–Crippen LogP) is 0.367. The highest BCUT2D eigenvalue weighted by molar-refractivity contribution is 4.79. The first-order valence-corrected chi connectivity index (χ1v) is 3.69. The molecule has 2 heteroatoms. The topological polar surface area (TPSA) is 32.3 Å². The second-order valence-electron chi connectivity index (χ2n) is 2.80. The van der Waals surface area contributed by atoms with Crippen molar-refractivity contribution in [2.24, 2.45) is 5.92 Å². The van der Waals surface area contributed by atoms with Crippen molar-refractivity contribution < 1.29 is 5.11 Å². The zero-order valence-corrected chi connectivity index (χ0v) is 5.93. The molecule has 0 aromatic heterocycles. The molecule has 0 amide bonds. The van der Waals surface area contributed by atoms with Crippen LogP contribution < -0.4 is 5.32 Å². The maximum Gasteiger partial charge on any atom is 0.0434 e. The third kappa shape index (κ3) is 1.66. The molecule has 0 radical (unpaired) electrons. The van der Waals surface area contributed by atoms with E-state index in [-0.39, 0.29) is 0 Å².